The molecule has 1 aromatic heterocycles. The summed E-state index contributed by atoms with van der Waals surface area (Å²) >= 11 is 6.47. The predicted octanol–water partition coefficient (Wildman–Crippen LogP) is 4.07. The molecule has 0 bridgehead atoms. The molecule has 0 aliphatic carbocycles. The molecular weight excluding hydrogens is 432 g/mol. The summed E-state index contributed by atoms with van der Waals surface area (Å²) in [5.74, 6) is 1.19. The molecule has 0 saturated heterocycles. The van der Waals surface area contributed by atoms with E-state index < -0.39 is 0 Å². The Morgan fingerprint density at radius 2 is 1.88 bits per heavy atom. The number of anilines is 2. The molecule has 0 unspecified atom stereocenters. The Kier molecular flexibility index (Phi) is 8.27. The minimum absolute atomic E-state index is 0.173. The van der Waals surface area contributed by atoms with E-state index >= 15 is 0 Å². The lowest BCUT2D eigenvalue weighted by Crippen LogP contribution is -2.20. The van der Waals surface area contributed by atoms with Crippen LogP contribution in [0.1, 0.15) is 31.4 Å². The number of halogens is 1. The van der Waals surface area contributed by atoms with E-state index in [1.54, 1.807) is 16.8 Å². The Morgan fingerprint density at radius 3 is 2.59 bits per heavy atom. The Hall–Kier alpha value is -3.33. The molecule has 170 valence electrons. The molecule has 0 atom stereocenters. The molecule has 1 amide bonds. The van der Waals surface area contributed by atoms with Crippen LogP contribution in [0, 0.1) is 6.92 Å². The molecule has 1 heterocycles. The van der Waals surface area contributed by atoms with Gasteiger partial charge in [-0.2, -0.15) is 0 Å². The molecular formula is C22H27ClN6O3. The summed E-state index contributed by atoms with van der Waals surface area (Å²) in [6.45, 7) is 7.29. The Labute approximate surface area is 192 Å². The molecule has 10 heteroatoms. The van der Waals surface area contributed by atoms with E-state index in [1.807, 2.05) is 38.1 Å². The van der Waals surface area contributed by atoms with Gasteiger partial charge in [0, 0.05) is 29.9 Å². The van der Waals surface area contributed by atoms with E-state index in [0.717, 1.165) is 17.5 Å². The number of amides is 1. The maximum Gasteiger partial charge on any atom is 0.262 e. The Bertz CT molecular complexity index is 1040. The molecule has 0 aliphatic heterocycles. The molecule has 9 nitrogen and oxygen atoms in total. The third-order valence-electron chi connectivity index (χ3n) is 4.51. The summed E-state index contributed by atoms with van der Waals surface area (Å²) in [6.07, 6.45) is 0.915. The largest absolute Gasteiger partial charge is 0.490 e. The van der Waals surface area contributed by atoms with Gasteiger partial charge in [-0.05, 0) is 54.5 Å². The van der Waals surface area contributed by atoms with Crippen molar-refractivity contribution >= 4 is 29.1 Å². The van der Waals surface area contributed by atoms with Crippen LogP contribution in [0.4, 0.5) is 11.6 Å². The van der Waals surface area contributed by atoms with Crippen molar-refractivity contribution in [1.82, 2.24) is 20.2 Å². The number of rotatable bonds is 11. The number of ether oxygens (including phenoxy) is 2. The highest BCUT2D eigenvalue weighted by Crippen LogP contribution is 2.34. The van der Waals surface area contributed by atoms with Gasteiger partial charge >= 0.3 is 0 Å². The average Bonchev–Trinajstić information content (AvgIpc) is 3.22. The van der Waals surface area contributed by atoms with Crippen LogP contribution in [0.15, 0.2) is 36.4 Å². The van der Waals surface area contributed by atoms with Crippen LogP contribution < -0.4 is 20.1 Å². The summed E-state index contributed by atoms with van der Waals surface area (Å²) in [5, 5.41) is 18.1. The van der Waals surface area contributed by atoms with Crippen LogP contribution in [0.25, 0.3) is 0 Å². The maximum atomic E-state index is 12.3. The monoisotopic (exact) mass is 458 g/mol. The smallest absolute Gasteiger partial charge is 0.262 e. The lowest BCUT2D eigenvalue weighted by Gasteiger charge is -2.15. The third kappa shape index (κ3) is 6.34. The zero-order valence-electron chi connectivity index (χ0n) is 18.4. The van der Waals surface area contributed by atoms with Crippen LogP contribution in [0.2, 0.25) is 5.02 Å². The maximum absolute atomic E-state index is 12.3. The van der Waals surface area contributed by atoms with Gasteiger partial charge < -0.3 is 20.1 Å². The molecule has 32 heavy (non-hydrogen) atoms. The van der Waals surface area contributed by atoms with Gasteiger partial charge in [0.2, 0.25) is 5.95 Å². The minimum Gasteiger partial charge on any atom is -0.490 e. The highest BCUT2D eigenvalue weighted by atomic mass is 35.5. The van der Waals surface area contributed by atoms with E-state index in [1.165, 1.54) is 0 Å². The molecule has 3 aromatic rings. The zero-order chi connectivity index (χ0) is 22.9. The second-order valence-electron chi connectivity index (χ2n) is 7.11. The lowest BCUT2D eigenvalue weighted by atomic mass is 10.2. The van der Waals surface area contributed by atoms with Crippen molar-refractivity contribution in [3.63, 3.8) is 0 Å². The molecule has 3 rings (SSSR count). The van der Waals surface area contributed by atoms with Gasteiger partial charge in [-0.15, -0.1) is 0 Å². The lowest BCUT2D eigenvalue weighted by molar-refractivity contribution is -0.118. The number of nitrogens with one attached hydrogen (secondary N) is 2. The topological polar surface area (TPSA) is 103 Å². The third-order valence-corrected chi connectivity index (χ3v) is 4.86. The van der Waals surface area contributed by atoms with Crippen molar-refractivity contribution in [1.29, 1.82) is 0 Å². The average molecular weight is 459 g/mol. The number of tetrazole rings is 1. The van der Waals surface area contributed by atoms with E-state index in [2.05, 4.69) is 33.1 Å². The van der Waals surface area contributed by atoms with Crippen molar-refractivity contribution in [2.45, 2.75) is 40.3 Å². The highest BCUT2D eigenvalue weighted by molar-refractivity contribution is 6.31. The van der Waals surface area contributed by atoms with Gasteiger partial charge in [0.25, 0.3) is 5.91 Å². The summed E-state index contributed by atoms with van der Waals surface area (Å²) in [6, 6.07) is 11.0. The van der Waals surface area contributed by atoms with Crippen molar-refractivity contribution in [2.24, 2.45) is 0 Å². The van der Waals surface area contributed by atoms with Crippen molar-refractivity contribution in [2.75, 3.05) is 23.8 Å². The Balaban J connectivity index is 1.65. The predicted molar refractivity (Wildman–Crippen MR) is 123 cm³/mol. The van der Waals surface area contributed by atoms with E-state index in [-0.39, 0.29) is 12.5 Å². The highest BCUT2D eigenvalue weighted by Gasteiger charge is 2.14. The van der Waals surface area contributed by atoms with Gasteiger partial charge in [-0.1, -0.05) is 41.3 Å². The first-order valence-corrected chi connectivity index (χ1v) is 10.8. The fourth-order valence-electron chi connectivity index (χ4n) is 2.94. The SMILES string of the molecule is CCCn1nnnc1NCc1cc(OCC)c(OCC(=O)Nc2ccc(C)cc2)cc1Cl. The fourth-order valence-corrected chi connectivity index (χ4v) is 3.16. The summed E-state index contributed by atoms with van der Waals surface area (Å²) in [4.78, 5) is 12.3. The summed E-state index contributed by atoms with van der Waals surface area (Å²) in [5.41, 5.74) is 2.61. The molecule has 0 saturated carbocycles. The number of hydrogen-bond acceptors (Lipinski definition) is 7. The van der Waals surface area contributed by atoms with Crippen molar-refractivity contribution < 1.29 is 14.3 Å². The number of benzene rings is 2. The minimum atomic E-state index is -0.277. The van der Waals surface area contributed by atoms with Crippen molar-refractivity contribution in [3.05, 3.63) is 52.5 Å². The first-order valence-electron chi connectivity index (χ1n) is 10.4. The van der Waals surface area contributed by atoms with Crippen LogP contribution in [0.5, 0.6) is 11.5 Å². The normalized spacial score (nSPS) is 10.6. The zero-order valence-corrected chi connectivity index (χ0v) is 19.1. The molecule has 0 spiro atoms. The molecule has 0 aliphatic rings. The second kappa shape index (κ2) is 11.3. The number of carbonyl (C=O) groups is 1. The van der Waals surface area contributed by atoms with Gasteiger partial charge in [0.1, 0.15) is 0 Å². The number of carbonyl (C=O) groups excluding carboxylic acids is 1. The number of aryl methyl sites for hydroxylation is 2. The van der Waals surface area contributed by atoms with Gasteiger partial charge in [-0.25, -0.2) is 4.68 Å². The molecule has 0 radical (unpaired) electrons. The summed E-state index contributed by atoms with van der Waals surface area (Å²) < 4.78 is 13.1. The Morgan fingerprint density at radius 1 is 1.12 bits per heavy atom. The number of hydrogen-bond donors (Lipinski definition) is 2. The van der Waals surface area contributed by atoms with Crippen LogP contribution in [-0.2, 0) is 17.9 Å². The van der Waals surface area contributed by atoms with Gasteiger partial charge in [-0.3, -0.25) is 4.79 Å². The van der Waals surface area contributed by atoms with Crippen LogP contribution >= 0.6 is 11.6 Å². The molecule has 2 N–H and O–H groups in total. The second-order valence-corrected chi connectivity index (χ2v) is 7.51. The van der Waals surface area contributed by atoms with Crippen molar-refractivity contribution in [3.8, 4) is 11.5 Å². The quantitative estimate of drug-likeness (QED) is 0.446. The number of nitrogens with zero attached hydrogens (tertiary/aromatic N) is 4. The standard InChI is InChI=1S/C22H27ClN6O3/c1-4-10-29-22(26-27-28-29)24-13-16-11-19(31-5-2)20(12-18(16)23)32-14-21(30)25-17-8-6-15(3)7-9-17/h6-9,11-12H,4-5,10,13-14H2,1-3H3,(H,25,30)(H,24,26,28). The van der Waals surface area contributed by atoms with Gasteiger partial charge in [0.15, 0.2) is 18.1 Å². The first-order chi connectivity index (χ1) is 15.5. The molecule has 2 aromatic carbocycles. The first kappa shape index (κ1) is 23.3. The molecule has 0 fully saturated rings. The fraction of sp³-hybridized carbons (Fsp3) is 0.364. The van der Waals surface area contributed by atoms with Gasteiger partial charge in [0.05, 0.1) is 6.61 Å². The van der Waals surface area contributed by atoms with Crippen LogP contribution in [0.3, 0.4) is 0 Å². The van der Waals surface area contributed by atoms with E-state index in [4.69, 9.17) is 21.1 Å². The summed E-state index contributed by atoms with van der Waals surface area (Å²) in [7, 11) is 0. The van der Waals surface area contributed by atoms with Crippen LogP contribution in [-0.4, -0.2) is 39.3 Å². The number of aromatic nitrogens is 4. The van der Waals surface area contributed by atoms with E-state index in [9.17, 15) is 4.79 Å². The van der Waals surface area contributed by atoms with E-state index in [0.29, 0.717) is 47.9 Å².